The van der Waals surface area contributed by atoms with Crippen LogP contribution in [-0.2, 0) is 27.4 Å². The monoisotopic (exact) mass is 483 g/mol. The van der Waals surface area contributed by atoms with Crippen LogP contribution in [0.4, 0.5) is 0 Å². The van der Waals surface area contributed by atoms with E-state index in [-0.39, 0.29) is 17.9 Å². The van der Waals surface area contributed by atoms with E-state index in [1.807, 2.05) is 54.6 Å². The molecule has 0 aliphatic carbocycles. The molecule has 7 nitrogen and oxygen atoms in total. The molecule has 0 radical (unpaired) electrons. The van der Waals surface area contributed by atoms with Gasteiger partial charge in [0.1, 0.15) is 6.54 Å². The molecule has 0 N–H and O–H groups in total. The zero-order valence-electron chi connectivity index (χ0n) is 20.3. The van der Waals surface area contributed by atoms with Gasteiger partial charge in [0.05, 0.1) is 11.0 Å². The van der Waals surface area contributed by atoms with Gasteiger partial charge >= 0.3 is 5.97 Å². The molecule has 1 aliphatic rings. The van der Waals surface area contributed by atoms with Gasteiger partial charge in [0.25, 0.3) is 5.91 Å². The lowest BCUT2D eigenvalue weighted by molar-refractivity contribution is -0.160. The van der Waals surface area contributed by atoms with Gasteiger partial charge in [-0.15, -0.1) is 0 Å². The first kappa shape index (κ1) is 23.8. The molecule has 184 valence electrons. The number of carbonyl (C=O) groups is 2. The van der Waals surface area contributed by atoms with E-state index in [0.717, 1.165) is 19.6 Å². The molecule has 1 fully saturated rings. The number of rotatable bonds is 6. The maximum atomic E-state index is 13.0. The van der Waals surface area contributed by atoms with Crippen molar-refractivity contribution in [1.82, 2.24) is 14.4 Å². The summed E-state index contributed by atoms with van der Waals surface area (Å²) in [6.45, 7) is 5.13. The molecule has 4 aromatic rings. The maximum Gasteiger partial charge on any atom is 0.326 e. The number of pyridine rings is 1. The standard InChI is InChI=1S/C29H29N3O4/c1-21(29(35)31-17-15-30(16-18-31)19-22-9-3-2-4-10-22)36-27(33)20-32-25-13-7-5-11-23(25)28(34)24-12-6-8-14-26(24)32/h2-14,21H,15-20H2,1H3. The Morgan fingerprint density at radius 2 is 1.36 bits per heavy atom. The largest absolute Gasteiger partial charge is 0.451 e. The number of hydrogen-bond acceptors (Lipinski definition) is 5. The Labute approximate surface area is 209 Å². The maximum absolute atomic E-state index is 13.0. The van der Waals surface area contributed by atoms with Crippen molar-refractivity contribution in [1.29, 1.82) is 0 Å². The quantitative estimate of drug-likeness (QED) is 0.310. The average molecular weight is 484 g/mol. The predicted molar refractivity (Wildman–Crippen MR) is 140 cm³/mol. The second-order valence-corrected chi connectivity index (χ2v) is 9.17. The van der Waals surface area contributed by atoms with E-state index in [4.69, 9.17) is 4.74 Å². The van der Waals surface area contributed by atoms with E-state index in [9.17, 15) is 14.4 Å². The molecule has 3 aromatic carbocycles. The topological polar surface area (TPSA) is 71.8 Å². The summed E-state index contributed by atoms with van der Waals surface area (Å²) in [7, 11) is 0. The van der Waals surface area contributed by atoms with Gasteiger partial charge in [-0.05, 0) is 36.8 Å². The third kappa shape index (κ3) is 4.88. The number of esters is 1. The number of carbonyl (C=O) groups excluding carboxylic acids is 2. The summed E-state index contributed by atoms with van der Waals surface area (Å²) >= 11 is 0. The van der Waals surface area contributed by atoms with Crippen molar-refractivity contribution in [2.75, 3.05) is 26.2 Å². The first-order valence-electron chi connectivity index (χ1n) is 12.3. The summed E-state index contributed by atoms with van der Waals surface area (Å²) in [5, 5.41) is 1.09. The number of aromatic nitrogens is 1. The van der Waals surface area contributed by atoms with Crippen molar-refractivity contribution >= 4 is 33.7 Å². The molecule has 5 rings (SSSR count). The molecule has 7 heteroatoms. The van der Waals surface area contributed by atoms with Crippen LogP contribution in [0, 0.1) is 0 Å². The second-order valence-electron chi connectivity index (χ2n) is 9.17. The molecule has 1 aromatic heterocycles. The van der Waals surface area contributed by atoms with Crippen LogP contribution in [0.3, 0.4) is 0 Å². The van der Waals surface area contributed by atoms with Crippen LogP contribution in [-0.4, -0.2) is 58.5 Å². The Morgan fingerprint density at radius 1 is 0.806 bits per heavy atom. The molecule has 0 spiro atoms. The summed E-state index contributed by atoms with van der Waals surface area (Å²) in [4.78, 5) is 42.9. The SMILES string of the molecule is CC(OC(=O)Cn1c2ccccc2c(=O)c2ccccc21)C(=O)N1CCN(Cc2ccccc2)CC1. The summed E-state index contributed by atoms with van der Waals surface area (Å²) in [6.07, 6.45) is -0.880. The number of para-hydroxylation sites is 2. The summed E-state index contributed by atoms with van der Waals surface area (Å²) in [5.41, 5.74) is 2.50. The number of fused-ring (bicyclic) bond motifs is 2. The van der Waals surface area contributed by atoms with E-state index in [1.54, 1.807) is 28.5 Å². The fourth-order valence-corrected chi connectivity index (χ4v) is 4.89. The van der Waals surface area contributed by atoms with Crippen molar-refractivity contribution in [3.63, 3.8) is 0 Å². The highest BCUT2D eigenvalue weighted by Crippen LogP contribution is 2.19. The minimum Gasteiger partial charge on any atom is -0.451 e. The van der Waals surface area contributed by atoms with Gasteiger partial charge in [0, 0.05) is 43.5 Å². The van der Waals surface area contributed by atoms with Crippen molar-refractivity contribution < 1.29 is 14.3 Å². The Kier molecular flexibility index (Phi) is 6.82. The number of ether oxygens (including phenoxy) is 1. The molecule has 36 heavy (non-hydrogen) atoms. The highest BCUT2D eigenvalue weighted by atomic mass is 16.5. The molecule has 0 saturated carbocycles. The minimum atomic E-state index is -0.880. The van der Waals surface area contributed by atoms with Crippen LogP contribution < -0.4 is 5.43 Å². The fraction of sp³-hybridized carbons (Fsp3) is 0.276. The third-order valence-corrected chi connectivity index (χ3v) is 6.76. The van der Waals surface area contributed by atoms with Gasteiger partial charge in [-0.2, -0.15) is 0 Å². The lowest BCUT2D eigenvalue weighted by Gasteiger charge is -2.35. The number of nitrogens with zero attached hydrogens (tertiary/aromatic N) is 3. The zero-order valence-corrected chi connectivity index (χ0v) is 20.3. The smallest absolute Gasteiger partial charge is 0.326 e. The van der Waals surface area contributed by atoms with E-state index in [0.29, 0.717) is 34.9 Å². The third-order valence-electron chi connectivity index (χ3n) is 6.76. The van der Waals surface area contributed by atoms with Gasteiger partial charge in [-0.25, -0.2) is 0 Å². The molecule has 1 aliphatic heterocycles. The first-order valence-corrected chi connectivity index (χ1v) is 12.3. The highest BCUT2D eigenvalue weighted by molar-refractivity contribution is 5.94. The van der Waals surface area contributed by atoms with Crippen molar-refractivity contribution in [2.45, 2.75) is 26.1 Å². The first-order chi connectivity index (χ1) is 17.5. The van der Waals surface area contributed by atoms with Crippen molar-refractivity contribution in [3.05, 3.63) is 94.6 Å². The molecular weight excluding hydrogens is 454 g/mol. The van der Waals surface area contributed by atoms with Crippen molar-refractivity contribution in [3.8, 4) is 0 Å². The molecule has 1 saturated heterocycles. The van der Waals surface area contributed by atoms with Crippen molar-refractivity contribution in [2.24, 2.45) is 0 Å². The van der Waals surface area contributed by atoms with E-state index in [2.05, 4.69) is 17.0 Å². The van der Waals surface area contributed by atoms with E-state index >= 15 is 0 Å². The summed E-state index contributed by atoms with van der Waals surface area (Å²) in [6, 6.07) is 24.7. The summed E-state index contributed by atoms with van der Waals surface area (Å²) < 4.78 is 7.36. The number of piperazine rings is 1. The molecular formula is C29H29N3O4. The normalized spacial score (nSPS) is 15.2. The average Bonchev–Trinajstić information content (AvgIpc) is 2.91. The highest BCUT2D eigenvalue weighted by Gasteiger charge is 2.27. The fourth-order valence-electron chi connectivity index (χ4n) is 4.89. The number of benzene rings is 3. The Balaban J connectivity index is 1.24. The molecule has 1 amide bonds. The Hall–Kier alpha value is -3.97. The van der Waals surface area contributed by atoms with Crippen LogP contribution in [0.25, 0.3) is 21.8 Å². The van der Waals surface area contributed by atoms with Crippen LogP contribution in [0.2, 0.25) is 0 Å². The van der Waals surface area contributed by atoms with Crippen LogP contribution >= 0.6 is 0 Å². The minimum absolute atomic E-state index is 0.0687. The molecule has 1 unspecified atom stereocenters. The second kappa shape index (κ2) is 10.3. The Morgan fingerprint density at radius 3 is 1.97 bits per heavy atom. The van der Waals surface area contributed by atoms with Gasteiger partial charge in [-0.1, -0.05) is 54.6 Å². The molecule has 1 atom stereocenters. The molecule has 0 bridgehead atoms. The van der Waals surface area contributed by atoms with E-state index in [1.165, 1.54) is 5.56 Å². The Bertz CT molecular complexity index is 1400. The zero-order chi connectivity index (χ0) is 25.1. The van der Waals surface area contributed by atoms with Gasteiger partial charge in [-0.3, -0.25) is 19.3 Å². The number of amides is 1. The van der Waals surface area contributed by atoms with E-state index < -0.39 is 12.1 Å². The van der Waals surface area contributed by atoms with Crippen LogP contribution in [0.5, 0.6) is 0 Å². The predicted octanol–water partition coefficient (Wildman–Crippen LogP) is 3.43. The lowest BCUT2D eigenvalue weighted by Crippen LogP contribution is -2.51. The lowest BCUT2D eigenvalue weighted by atomic mass is 10.1. The molecule has 2 heterocycles. The van der Waals surface area contributed by atoms with Crippen LogP contribution in [0.15, 0.2) is 83.7 Å². The summed E-state index contributed by atoms with van der Waals surface area (Å²) in [5.74, 6) is -0.699. The van der Waals surface area contributed by atoms with Gasteiger partial charge in [0.2, 0.25) is 0 Å². The van der Waals surface area contributed by atoms with Crippen LogP contribution in [0.1, 0.15) is 12.5 Å². The van der Waals surface area contributed by atoms with Gasteiger partial charge < -0.3 is 14.2 Å². The van der Waals surface area contributed by atoms with Gasteiger partial charge in [0.15, 0.2) is 11.5 Å². The number of hydrogen-bond donors (Lipinski definition) is 0.